The Morgan fingerprint density at radius 1 is 1.39 bits per heavy atom. The minimum atomic E-state index is -0.169. The first kappa shape index (κ1) is 19.9. The highest BCUT2D eigenvalue weighted by Gasteiger charge is 2.24. The number of aromatic nitrogens is 2. The summed E-state index contributed by atoms with van der Waals surface area (Å²) < 4.78 is 0. The summed E-state index contributed by atoms with van der Waals surface area (Å²) in [4.78, 5) is 15.2. The minimum absolute atomic E-state index is 0.0112. The van der Waals surface area contributed by atoms with Crippen LogP contribution in [0.15, 0.2) is 35.6 Å². The zero-order valence-corrected chi connectivity index (χ0v) is 16.4. The number of anilines is 2. The van der Waals surface area contributed by atoms with Gasteiger partial charge in [-0.3, -0.25) is 4.99 Å². The molecule has 0 radical (unpaired) electrons. The molecule has 1 fully saturated rings. The van der Waals surface area contributed by atoms with Crippen molar-refractivity contribution in [3.8, 4) is 0 Å². The molecular weight excluding hydrogens is 352 g/mol. The normalized spacial score (nSPS) is 19.1. The van der Waals surface area contributed by atoms with Gasteiger partial charge in [-0.1, -0.05) is 19.1 Å². The lowest BCUT2D eigenvalue weighted by Crippen LogP contribution is -2.22. The van der Waals surface area contributed by atoms with Crippen molar-refractivity contribution in [2.75, 3.05) is 37.4 Å². The van der Waals surface area contributed by atoms with Crippen molar-refractivity contribution in [1.29, 1.82) is 5.41 Å². The van der Waals surface area contributed by atoms with Gasteiger partial charge in [0.25, 0.3) is 0 Å². The van der Waals surface area contributed by atoms with E-state index in [1.54, 1.807) is 19.6 Å². The van der Waals surface area contributed by atoms with Crippen molar-refractivity contribution >= 4 is 23.9 Å². The van der Waals surface area contributed by atoms with E-state index in [9.17, 15) is 5.11 Å². The molecule has 3 rings (SSSR count). The first-order chi connectivity index (χ1) is 13.6. The highest BCUT2D eigenvalue weighted by molar-refractivity contribution is 5.89. The molecule has 4 N–H and O–H groups in total. The van der Waals surface area contributed by atoms with Crippen LogP contribution >= 0.6 is 0 Å². The van der Waals surface area contributed by atoms with E-state index >= 15 is 0 Å². The van der Waals surface area contributed by atoms with Crippen LogP contribution < -0.4 is 10.6 Å². The lowest BCUT2D eigenvalue weighted by Gasteiger charge is -2.20. The van der Waals surface area contributed by atoms with Crippen LogP contribution in [0.5, 0.6) is 0 Å². The van der Waals surface area contributed by atoms with E-state index < -0.39 is 0 Å². The van der Waals surface area contributed by atoms with Crippen LogP contribution in [0, 0.1) is 11.3 Å². The number of hydrogen-bond acceptors (Lipinski definition) is 7. The number of aliphatic hydroxyl groups excluding tert-OH is 1. The van der Waals surface area contributed by atoms with Crippen LogP contribution in [0.2, 0.25) is 0 Å². The summed E-state index contributed by atoms with van der Waals surface area (Å²) in [7, 11) is 1.71. The second-order valence-corrected chi connectivity index (χ2v) is 7.29. The number of rotatable bonds is 7. The molecule has 1 aromatic heterocycles. The molecule has 28 heavy (non-hydrogen) atoms. The van der Waals surface area contributed by atoms with Crippen molar-refractivity contribution < 1.29 is 5.11 Å². The Labute approximate surface area is 165 Å². The maximum Gasteiger partial charge on any atom is 0.132 e. The molecule has 7 heteroatoms. The molecule has 2 heterocycles. The summed E-state index contributed by atoms with van der Waals surface area (Å²) in [6.45, 7) is 4.00. The zero-order valence-electron chi connectivity index (χ0n) is 16.4. The van der Waals surface area contributed by atoms with Crippen molar-refractivity contribution in [2.24, 2.45) is 10.9 Å². The van der Waals surface area contributed by atoms with E-state index in [0.717, 1.165) is 42.1 Å². The van der Waals surface area contributed by atoms with Crippen LogP contribution in [-0.2, 0) is 0 Å². The van der Waals surface area contributed by atoms with Gasteiger partial charge in [0.2, 0.25) is 0 Å². The van der Waals surface area contributed by atoms with Crippen LogP contribution in [-0.4, -0.2) is 54.2 Å². The standard InChI is InChI=1S/C21H28N6O/c1-14(18-7-16(3-4-19(18)23)17(9-22)10-24-2)20-8-21(26-13-25-20)27-6-5-15(11-27)12-28/h3-4,7-10,13-15,17,22,28H,5-6,11-12,23H2,1-2H3. The predicted molar refractivity (Wildman–Crippen MR) is 114 cm³/mol. The fourth-order valence-corrected chi connectivity index (χ4v) is 3.68. The number of hydrogen-bond donors (Lipinski definition) is 3. The van der Waals surface area contributed by atoms with E-state index in [0.29, 0.717) is 11.6 Å². The molecule has 0 bridgehead atoms. The molecule has 148 valence electrons. The monoisotopic (exact) mass is 380 g/mol. The SMILES string of the molecule is CN=CC(C=N)c1ccc(N)c(C(C)c2cc(N3CCC(CO)C3)ncn2)c1. The number of aliphatic hydroxyl groups is 1. The van der Waals surface area contributed by atoms with Gasteiger partial charge in [0.15, 0.2) is 0 Å². The third-order valence-electron chi connectivity index (χ3n) is 5.44. The van der Waals surface area contributed by atoms with Gasteiger partial charge in [-0.25, -0.2) is 9.97 Å². The van der Waals surface area contributed by atoms with Gasteiger partial charge in [0.1, 0.15) is 12.1 Å². The molecule has 0 amide bonds. The number of nitrogens with one attached hydrogen (secondary N) is 1. The van der Waals surface area contributed by atoms with Crippen molar-refractivity contribution in [3.63, 3.8) is 0 Å². The Morgan fingerprint density at radius 3 is 2.89 bits per heavy atom. The van der Waals surface area contributed by atoms with Gasteiger partial charge in [0, 0.05) is 62.8 Å². The second-order valence-electron chi connectivity index (χ2n) is 7.29. The van der Waals surface area contributed by atoms with E-state index in [1.807, 2.05) is 24.3 Å². The Hall–Kier alpha value is -2.80. The molecule has 3 unspecified atom stereocenters. The third kappa shape index (κ3) is 4.20. The number of nitrogens with zero attached hydrogens (tertiary/aromatic N) is 4. The average Bonchev–Trinajstić information content (AvgIpc) is 3.21. The molecule has 2 aromatic rings. The van der Waals surface area contributed by atoms with Crippen LogP contribution in [0.1, 0.15) is 42.0 Å². The molecule has 7 nitrogen and oxygen atoms in total. The Balaban J connectivity index is 1.89. The third-order valence-corrected chi connectivity index (χ3v) is 5.44. The lowest BCUT2D eigenvalue weighted by molar-refractivity contribution is 0.238. The summed E-state index contributed by atoms with van der Waals surface area (Å²) in [6, 6.07) is 7.87. The fraction of sp³-hybridized carbons (Fsp3) is 0.429. The van der Waals surface area contributed by atoms with Gasteiger partial charge >= 0.3 is 0 Å². The Morgan fingerprint density at radius 2 is 2.21 bits per heavy atom. The topological polar surface area (TPSA) is 111 Å². The number of nitrogen functional groups attached to an aromatic ring is 1. The van der Waals surface area contributed by atoms with Crippen LogP contribution in [0.3, 0.4) is 0 Å². The zero-order chi connectivity index (χ0) is 20.1. The minimum Gasteiger partial charge on any atom is -0.398 e. The molecule has 1 aliphatic rings. The Bertz CT molecular complexity index is 853. The molecule has 1 saturated heterocycles. The first-order valence-electron chi connectivity index (χ1n) is 9.57. The molecular formula is C21H28N6O. The molecule has 0 saturated carbocycles. The van der Waals surface area contributed by atoms with Crippen molar-refractivity contribution in [3.05, 3.63) is 47.4 Å². The predicted octanol–water partition coefficient (Wildman–Crippen LogP) is 2.46. The van der Waals surface area contributed by atoms with Crippen LogP contribution in [0.4, 0.5) is 11.5 Å². The summed E-state index contributed by atoms with van der Waals surface area (Å²) in [5.41, 5.74) is 9.83. The van der Waals surface area contributed by atoms with Gasteiger partial charge < -0.3 is 21.1 Å². The van der Waals surface area contributed by atoms with Crippen molar-refractivity contribution in [2.45, 2.75) is 25.2 Å². The number of aliphatic imine (C=N–C) groups is 1. The number of nitrogens with two attached hydrogens (primary N) is 1. The molecule has 1 aliphatic heterocycles. The largest absolute Gasteiger partial charge is 0.398 e. The van der Waals surface area contributed by atoms with Gasteiger partial charge in [-0.2, -0.15) is 0 Å². The summed E-state index contributed by atoms with van der Waals surface area (Å²) in [6.07, 6.45) is 5.70. The van der Waals surface area contributed by atoms with E-state index in [4.69, 9.17) is 11.1 Å². The lowest BCUT2D eigenvalue weighted by atomic mass is 9.91. The molecule has 3 atom stereocenters. The van der Waals surface area contributed by atoms with Gasteiger partial charge in [0.05, 0.1) is 11.6 Å². The second kappa shape index (κ2) is 8.93. The smallest absolute Gasteiger partial charge is 0.132 e. The maximum absolute atomic E-state index is 9.38. The molecule has 0 aliphatic carbocycles. The fourth-order valence-electron chi connectivity index (χ4n) is 3.68. The first-order valence-corrected chi connectivity index (χ1v) is 9.57. The quantitative estimate of drug-likeness (QED) is 0.505. The highest BCUT2D eigenvalue weighted by Crippen LogP contribution is 2.31. The van der Waals surface area contributed by atoms with E-state index in [-0.39, 0.29) is 18.4 Å². The average molecular weight is 380 g/mol. The van der Waals surface area contributed by atoms with Crippen molar-refractivity contribution in [1.82, 2.24) is 9.97 Å². The van der Waals surface area contributed by atoms with Crippen LogP contribution in [0.25, 0.3) is 0 Å². The summed E-state index contributed by atoms with van der Waals surface area (Å²) in [5, 5.41) is 17.0. The van der Waals surface area contributed by atoms with E-state index in [2.05, 4.69) is 26.8 Å². The summed E-state index contributed by atoms with van der Waals surface area (Å²) >= 11 is 0. The van der Waals surface area contributed by atoms with Gasteiger partial charge in [-0.15, -0.1) is 0 Å². The van der Waals surface area contributed by atoms with E-state index in [1.165, 1.54) is 6.21 Å². The highest BCUT2D eigenvalue weighted by atomic mass is 16.3. The maximum atomic E-state index is 9.38. The summed E-state index contributed by atoms with van der Waals surface area (Å²) in [5.74, 6) is 1.01. The molecule has 0 spiro atoms. The number of benzene rings is 1. The molecule has 1 aromatic carbocycles. The Kier molecular flexibility index (Phi) is 6.36. The van der Waals surface area contributed by atoms with Gasteiger partial charge in [-0.05, 0) is 23.6 Å².